The second-order valence-corrected chi connectivity index (χ2v) is 9.06. The Labute approximate surface area is 183 Å². The van der Waals surface area contributed by atoms with Crippen LogP contribution in [0.25, 0.3) is 0 Å². The van der Waals surface area contributed by atoms with E-state index in [1.165, 1.54) is 14.0 Å². The summed E-state index contributed by atoms with van der Waals surface area (Å²) in [4.78, 5) is 25.5. The highest BCUT2D eigenvalue weighted by Crippen LogP contribution is 2.33. The Kier molecular flexibility index (Phi) is 8.04. The minimum atomic E-state index is -3.83. The molecule has 0 heterocycles. The number of rotatable bonds is 9. The van der Waals surface area contributed by atoms with E-state index < -0.39 is 22.0 Å². The van der Waals surface area contributed by atoms with Gasteiger partial charge in [0.05, 0.1) is 30.3 Å². The minimum absolute atomic E-state index is 0.265. The molecular weight excluding hydrogens is 418 g/mol. The van der Waals surface area contributed by atoms with Gasteiger partial charge in [-0.25, -0.2) is 8.42 Å². The van der Waals surface area contributed by atoms with Crippen LogP contribution in [0, 0.1) is 6.92 Å². The quantitative estimate of drug-likeness (QED) is 0.615. The summed E-state index contributed by atoms with van der Waals surface area (Å²) in [5.41, 5.74) is 1.68. The van der Waals surface area contributed by atoms with Crippen molar-refractivity contribution in [2.75, 3.05) is 29.5 Å². The number of anilines is 2. The largest absolute Gasteiger partial charge is 0.495 e. The molecule has 0 spiro atoms. The van der Waals surface area contributed by atoms with Crippen molar-refractivity contribution in [1.82, 2.24) is 5.32 Å². The zero-order chi connectivity index (χ0) is 23.2. The van der Waals surface area contributed by atoms with Crippen LogP contribution in [0.2, 0.25) is 0 Å². The van der Waals surface area contributed by atoms with Gasteiger partial charge in [-0.1, -0.05) is 25.1 Å². The Morgan fingerprint density at radius 1 is 1.16 bits per heavy atom. The third kappa shape index (κ3) is 5.97. The van der Waals surface area contributed by atoms with Gasteiger partial charge in [-0.3, -0.25) is 13.9 Å². The lowest BCUT2D eigenvalue weighted by atomic mass is 10.1. The summed E-state index contributed by atoms with van der Waals surface area (Å²) in [6.07, 6.45) is 1.81. The molecule has 0 radical (unpaired) electrons. The van der Waals surface area contributed by atoms with E-state index in [2.05, 4.69) is 10.6 Å². The van der Waals surface area contributed by atoms with Crippen molar-refractivity contribution in [3.8, 4) is 5.75 Å². The van der Waals surface area contributed by atoms with Crippen molar-refractivity contribution in [1.29, 1.82) is 0 Å². The second kappa shape index (κ2) is 10.3. The first-order valence-corrected chi connectivity index (χ1v) is 11.8. The number of ether oxygens (including phenoxy) is 1. The van der Waals surface area contributed by atoms with Gasteiger partial charge in [0.15, 0.2) is 0 Å². The summed E-state index contributed by atoms with van der Waals surface area (Å²) in [6.45, 7) is 5.75. The Balaban J connectivity index is 2.39. The Morgan fingerprint density at radius 2 is 1.84 bits per heavy atom. The van der Waals surface area contributed by atoms with Crippen molar-refractivity contribution < 1.29 is 22.7 Å². The highest BCUT2D eigenvalue weighted by Gasteiger charge is 2.32. The zero-order valence-corrected chi connectivity index (χ0v) is 19.2. The monoisotopic (exact) mass is 447 g/mol. The molecule has 9 heteroatoms. The lowest BCUT2D eigenvalue weighted by Gasteiger charge is -2.29. The average Bonchev–Trinajstić information content (AvgIpc) is 2.71. The maximum atomic E-state index is 13.1. The molecular formula is C22H29N3O5S. The van der Waals surface area contributed by atoms with Crippen LogP contribution >= 0.6 is 0 Å². The zero-order valence-electron chi connectivity index (χ0n) is 18.4. The van der Waals surface area contributed by atoms with Crippen LogP contribution < -0.4 is 19.7 Å². The summed E-state index contributed by atoms with van der Waals surface area (Å²) < 4.78 is 31.6. The van der Waals surface area contributed by atoms with Crippen LogP contribution in [-0.2, 0) is 14.8 Å². The molecule has 168 valence electrons. The minimum Gasteiger partial charge on any atom is -0.495 e. The maximum Gasteiger partial charge on any atom is 0.253 e. The topological polar surface area (TPSA) is 105 Å². The van der Waals surface area contributed by atoms with Crippen LogP contribution in [-0.4, -0.2) is 46.2 Å². The van der Waals surface area contributed by atoms with Gasteiger partial charge in [0, 0.05) is 6.54 Å². The number of para-hydroxylation sites is 1. The molecule has 0 saturated heterocycles. The van der Waals surface area contributed by atoms with Crippen molar-refractivity contribution in [3.05, 3.63) is 53.6 Å². The summed E-state index contributed by atoms with van der Waals surface area (Å²) in [5, 5.41) is 5.47. The van der Waals surface area contributed by atoms with Gasteiger partial charge in [0.25, 0.3) is 5.91 Å². The molecule has 8 nitrogen and oxygen atoms in total. The van der Waals surface area contributed by atoms with Gasteiger partial charge >= 0.3 is 0 Å². The van der Waals surface area contributed by atoms with E-state index in [-0.39, 0.29) is 11.6 Å². The molecule has 2 N–H and O–H groups in total. The van der Waals surface area contributed by atoms with E-state index in [9.17, 15) is 18.0 Å². The first-order chi connectivity index (χ1) is 14.6. The molecule has 0 aliphatic heterocycles. The Bertz CT molecular complexity index is 1050. The van der Waals surface area contributed by atoms with Crippen molar-refractivity contribution in [3.63, 3.8) is 0 Å². The molecule has 1 atom stereocenters. The number of nitrogens with one attached hydrogen (secondary N) is 2. The van der Waals surface area contributed by atoms with Crippen LogP contribution in [0.5, 0.6) is 5.75 Å². The number of hydrogen-bond acceptors (Lipinski definition) is 5. The standard InChI is InChI=1S/C22H29N3O5S/c1-6-13-23-22(27)17-9-7-8-10-18(17)24-21(26)16(3)25(31(5,28)29)19-14-15(2)11-12-20(19)30-4/h7-12,14,16H,6,13H2,1-5H3,(H,23,27)(H,24,26)/t16-/m1/s1. The summed E-state index contributed by atoms with van der Waals surface area (Å²) >= 11 is 0. The predicted molar refractivity (Wildman–Crippen MR) is 122 cm³/mol. The molecule has 0 bridgehead atoms. The summed E-state index contributed by atoms with van der Waals surface area (Å²) in [7, 11) is -2.39. The number of benzene rings is 2. The van der Waals surface area contributed by atoms with Gasteiger partial charge in [0.1, 0.15) is 11.8 Å². The maximum absolute atomic E-state index is 13.1. The highest BCUT2D eigenvalue weighted by molar-refractivity contribution is 7.92. The van der Waals surface area contributed by atoms with Crippen LogP contribution in [0.15, 0.2) is 42.5 Å². The van der Waals surface area contributed by atoms with Gasteiger partial charge in [0.2, 0.25) is 15.9 Å². The van der Waals surface area contributed by atoms with E-state index >= 15 is 0 Å². The number of amides is 2. The average molecular weight is 448 g/mol. The van der Waals surface area contributed by atoms with Crippen molar-refractivity contribution in [2.24, 2.45) is 0 Å². The third-order valence-corrected chi connectivity index (χ3v) is 5.85. The van der Waals surface area contributed by atoms with Gasteiger partial charge in [-0.05, 0) is 50.1 Å². The number of aryl methyl sites for hydroxylation is 1. The summed E-state index contributed by atoms with van der Waals surface area (Å²) in [5.74, 6) is -0.564. The van der Waals surface area contributed by atoms with E-state index in [1.807, 2.05) is 13.8 Å². The fourth-order valence-electron chi connectivity index (χ4n) is 3.11. The lowest BCUT2D eigenvalue weighted by molar-refractivity contribution is -0.116. The molecule has 0 aliphatic carbocycles. The molecule has 31 heavy (non-hydrogen) atoms. The van der Waals surface area contributed by atoms with E-state index in [0.717, 1.165) is 22.5 Å². The normalized spacial score (nSPS) is 12.0. The van der Waals surface area contributed by atoms with Crippen molar-refractivity contribution >= 4 is 33.2 Å². The van der Waals surface area contributed by atoms with Crippen LogP contribution in [0.1, 0.15) is 36.2 Å². The lowest BCUT2D eigenvalue weighted by Crippen LogP contribution is -2.45. The van der Waals surface area contributed by atoms with Gasteiger partial charge < -0.3 is 15.4 Å². The van der Waals surface area contributed by atoms with Crippen molar-refractivity contribution in [2.45, 2.75) is 33.2 Å². The molecule has 2 amide bonds. The molecule has 0 fully saturated rings. The molecule has 0 saturated carbocycles. The first kappa shape index (κ1) is 24.2. The molecule has 2 aromatic rings. The molecule has 0 aliphatic rings. The fraction of sp³-hybridized carbons (Fsp3) is 0.364. The van der Waals surface area contributed by atoms with Gasteiger partial charge in [-0.2, -0.15) is 0 Å². The first-order valence-electron chi connectivity index (χ1n) is 9.92. The Morgan fingerprint density at radius 3 is 2.45 bits per heavy atom. The molecule has 0 aromatic heterocycles. The summed E-state index contributed by atoms with van der Waals surface area (Å²) in [6, 6.07) is 10.6. The number of sulfonamides is 1. The smallest absolute Gasteiger partial charge is 0.253 e. The Hall–Kier alpha value is -3.07. The molecule has 2 rings (SSSR count). The van der Waals surface area contributed by atoms with E-state index in [0.29, 0.717) is 23.5 Å². The third-order valence-electron chi connectivity index (χ3n) is 4.63. The molecule has 2 aromatic carbocycles. The highest BCUT2D eigenvalue weighted by atomic mass is 32.2. The van der Waals surface area contributed by atoms with Crippen LogP contribution in [0.3, 0.4) is 0 Å². The van der Waals surface area contributed by atoms with Crippen LogP contribution in [0.4, 0.5) is 11.4 Å². The second-order valence-electron chi connectivity index (χ2n) is 7.20. The van der Waals surface area contributed by atoms with E-state index in [1.54, 1.807) is 42.5 Å². The van der Waals surface area contributed by atoms with E-state index in [4.69, 9.17) is 4.74 Å². The fourth-order valence-corrected chi connectivity index (χ4v) is 4.28. The number of nitrogens with zero attached hydrogens (tertiary/aromatic N) is 1. The number of hydrogen-bond donors (Lipinski definition) is 2. The van der Waals surface area contributed by atoms with Gasteiger partial charge in [-0.15, -0.1) is 0 Å². The SMILES string of the molecule is CCCNC(=O)c1ccccc1NC(=O)[C@@H](C)N(c1cc(C)ccc1OC)S(C)(=O)=O. The predicted octanol–water partition coefficient (Wildman–Crippen LogP) is 2.94. The number of carbonyl (C=O) groups is 2. The number of carbonyl (C=O) groups excluding carboxylic acids is 2. The number of methoxy groups -OCH3 is 1. The molecule has 0 unspecified atom stereocenters.